The number of hydrogen-bond acceptors (Lipinski definition) is 4. The molecule has 6 nitrogen and oxygen atoms in total. The molecule has 1 aliphatic carbocycles. The lowest BCUT2D eigenvalue weighted by Crippen LogP contribution is -2.45. The van der Waals surface area contributed by atoms with Gasteiger partial charge < -0.3 is 9.64 Å². The van der Waals surface area contributed by atoms with Gasteiger partial charge in [-0.3, -0.25) is 19.3 Å². The number of halogens is 1. The summed E-state index contributed by atoms with van der Waals surface area (Å²) in [7, 11) is 1.49. The lowest BCUT2D eigenvalue weighted by molar-refractivity contribution is -0.143. The fraction of sp³-hybridized carbons (Fsp3) is 0.591. The molecule has 2 bridgehead atoms. The Labute approximate surface area is 170 Å². The van der Waals surface area contributed by atoms with Crippen LogP contribution in [0, 0.1) is 11.7 Å². The molecule has 0 spiro atoms. The summed E-state index contributed by atoms with van der Waals surface area (Å²) >= 11 is 0. The van der Waals surface area contributed by atoms with E-state index in [1.54, 1.807) is 12.1 Å². The molecule has 2 aliphatic heterocycles. The molecule has 29 heavy (non-hydrogen) atoms. The number of fused-ring (bicyclic) bond motifs is 2. The number of ether oxygens (including phenoxy) is 1. The van der Waals surface area contributed by atoms with E-state index >= 15 is 0 Å². The van der Waals surface area contributed by atoms with Crippen molar-refractivity contribution < 1.29 is 23.5 Å². The fourth-order valence-electron chi connectivity index (χ4n) is 5.31. The summed E-state index contributed by atoms with van der Waals surface area (Å²) < 4.78 is 19.8. The second-order valence-electron chi connectivity index (χ2n) is 8.49. The zero-order chi connectivity index (χ0) is 20.6. The molecule has 3 atom stereocenters. The fourth-order valence-corrected chi connectivity index (χ4v) is 5.31. The van der Waals surface area contributed by atoms with Crippen LogP contribution in [0.25, 0.3) is 0 Å². The Kier molecular flexibility index (Phi) is 5.42. The maximum atomic E-state index is 14.8. The summed E-state index contributed by atoms with van der Waals surface area (Å²) in [4.78, 5) is 42.4. The Morgan fingerprint density at radius 1 is 1.28 bits per heavy atom. The van der Waals surface area contributed by atoms with E-state index in [0.29, 0.717) is 12.5 Å². The third-order valence-corrected chi connectivity index (χ3v) is 6.74. The number of likely N-dealkylation sites (tertiary alicyclic amines) is 2. The van der Waals surface area contributed by atoms with Crippen LogP contribution >= 0.6 is 0 Å². The molecule has 156 valence electrons. The van der Waals surface area contributed by atoms with Crippen molar-refractivity contribution in [2.45, 2.75) is 50.0 Å². The monoisotopic (exact) mass is 402 g/mol. The second-order valence-corrected chi connectivity index (χ2v) is 8.49. The standard InChI is InChI=1S/C22H27FN2O4/c1-29-10-9-24-19(26)12-22(21(24)28,17-7-2-3-8-18(17)23)13-20(27)25-14-15-5-4-6-16(25)11-15/h2-3,7-8,15-16H,4-6,9-14H2,1H3/t15-,16-,22+/m0/s1. The molecular weight excluding hydrogens is 375 g/mol. The topological polar surface area (TPSA) is 66.9 Å². The van der Waals surface area contributed by atoms with Crippen molar-refractivity contribution in [1.29, 1.82) is 0 Å². The molecule has 0 N–H and O–H groups in total. The minimum atomic E-state index is -1.48. The molecule has 2 heterocycles. The number of amides is 3. The van der Waals surface area contributed by atoms with E-state index in [-0.39, 0.29) is 49.4 Å². The summed E-state index contributed by atoms with van der Waals surface area (Å²) in [6.07, 6.45) is 3.85. The normalized spacial score (nSPS) is 29.0. The van der Waals surface area contributed by atoms with Gasteiger partial charge in [0.2, 0.25) is 17.7 Å². The summed E-state index contributed by atoms with van der Waals surface area (Å²) in [6.45, 7) is 1.01. The lowest BCUT2D eigenvalue weighted by atomic mass is 9.75. The molecule has 0 aromatic heterocycles. The van der Waals surface area contributed by atoms with E-state index in [1.165, 1.54) is 19.2 Å². The van der Waals surface area contributed by atoms with Gasteiger partial charge in [-0.2, -0.15) is 0 Å². The van der Waals surface area contributed by atoms with Crippen molar-refractivity contribution in [3.05, 3.63) is 35.6 Å². The third-order valence-electron chi connectivity index (χ3n) is 6.74. The van der Waals surface area contributed by atoms with Crippen molar-refractivity contribution >= 4 is 17.7 Å². The largest absolute Gasteiger partial charge is 0.383 e. The molecule has 3 fully saturated rings. The molecular formula is C22H27FN2O4. The molecule has 3 aliphatic rings. The van der Waals surface area contributed by atoms with Crippen LogP contribution in [0.3, 0.4) is 0 Å². The molecule has 1 aromatic rings. The molecule has 3 amide bonds. The number of rotatable bonds is 6. The predicted octanol–water partition coefficient (Wildman–Crippen LogP) is 2.26. The summed E-state index contributed by atoms with van der Waals surface area (Å²) in [6, 6.07) is 6.19. The van der Waals surface area contributed by atoms with Gasteiger partial charge in [-0.05, 0) is 31.2 Å². The first-order valence-corrected chi connectivity index (χ1v) is 10.3. The van der Waals surface area contributed by atoms with E-state index < -0.39 is 17.1 Å². The highest BCUT2D eigenvalue weighted by atomic mass is 19.1. The van der Waals surface area contributed by atoms with Crippen molar-refractivity contribution in [2.24, 2.45) is 5.92 Å². The third kappa shape index (κ3) is 3.45. The van der Waals surface area contributed by atoms with Crippen LogP contribution in [0.5, 0.6) is 0 Å². The van der Waals surface area contributed by atoms with Crippen molar-refractivity contribution in [1.82, 2.24) is 9.80 Å². The molecule has 7 heteroatoms. The first kappa shape index (κ1) is 20.0. The summed E-state index contributed by atoms with van der Waals surface area (Å²) in [5.74, 6) is -1.09. The van der Waals surface area contributed by atoms with Gasteiger partial charge in [-0.15, -0.1) is 0 Å². The molecule has 4 rings (SSSR count). The van der Waals surface area contributed by atoms with Gasteiger partial charge in [0.15, 0.2) is 0 Å². The maximum absolute atomic E-state index is 14.8. The number of carbonyl (C=O) groups excluding carboxylic acids is 3. The Hall–Kier alpha value is -2.28. The number of nitrogens with zero attached hydrogens (tertiary/aromatic N) is 2. The average molecular weight is 402 g/mol. The Morgan fingerprint density at radius 3 is 2.79 bits per heavy atom. The molecule has 0 radical (unpaired) electrons. The molecule has 0 unspecified atom stereocenters. The lowest BCUT2D eigenvalue weighted by Gasteiger charge is -2.31. The number of benzene rings is 1. The second kappa shape index (κ2) is 7.86. The zero-order valence-corrected chi connectivity index (χ0v) is 16.7. The van der Waals surface area contributed by atoms with Crippen LogP contribution in [0.2, 0.25) is 0 Å². The van der Waals surface area contributed by atoms with E-state index in [4.69, 9.17) is 4.74 Å². The first-order valence-electron chi connectivity index (χ1n) is 10.3. The van der Waals surface area contributed by atoms with Gasteiger partial charge in [0.25, 0.3) is 0 Å². The highest BCUT2D eigenvalue weighted by Gasteiger charge is 2.55. The highest BCUT2D eigenvalue weighted by molar-refractivity contribution is 6.10. The van der Waals surface area contributed by atoms with Gasteiger partial charge in [0, 0.05) is 38.1 Å². The van der Waals surface area contributed by atoms with E-state index in [2.05, 4.69) is 0 Å². The zero-order valence-electron chi connectivity index (χ0n) is 16.7. The van der Waals surface area contributed by atoms with Gasteiger partial charge in [-0.1, -0.05) is 24.6 Å². The minimum Gasteiger partial charge on any atom is -0.383 e. The van der Waals surface area contributed by atoms with Crippen LogP contribution in [0.15, 0.2) is 24.3 Å². The predicted molar refractivity (Wildman–Crippen MR) is 103 cm³/mol. The van der Waals surface area contributed by atoms with Crippen molar-refractivity contribution in [3.63, 3.8) is 0 Å². The van der Waals surface area contributed by atoms with Crippen molar-refractivity contribution in [3.8, 4) is 0 Å². The van der Waals surface area contributed by atoms with Gasteiger partial charge in [0.1, 0.15) is 5.82 Å². The Bertz CT molecular complexity index is 829. The van der Waals surface area contributed by atoms with E-state index in [1.807, 2.05) is 4.90 Å². The quantitative estimate of drug-likeness (QED) is 0.685. The first-order chi connectivity index (χ1) is 14.0. The number of hydrogen-bond donors (Lipinski definition) is 0. The van der Waals surface area contributed by atoms with Crippen LogP contribution < -0.4 is 0 Å². The van der Waals surface area contributed by atoms with Gasteiger partial charge in [0.05, 0.1) is 18.6 Å². The Morgan fingerprint density at radius 2 is 2.07 bits per heavy atom. The molecule has 1 saturated carbocycles. The number of carbonyl (C=O) groups is 3. The van der Waals surface area contributed by atoms with Crippen LogP contribution in [-0.4, -0.2) is 60.4 Å². The Balaban J connectivity index is 1.67. The van der Waals surface area contributed by atoms with Gasteiger partial charge in [-0.25, -0.2) is 4.39 Å². The van der Waals surface area contributed by atoms with E-state index in [0.717, 1.165) is 30.6 Å². The van der Waals surface area contributed by atoms with Crippen LogP contribution in [0.1, 0.15) is 44.1 Å². The average Bonchev–Trinajstić information content (AvgIpc) is 3.13. The highest BCUT2D eigenvalue weighted by Crippen LogP contribution is 2.43. The van der Waals surface area contributed by atoms with E-state index in [9.17, 15) is 18.8 Å². The summed E-state index contributed by atoms with van der Waals surface area (Å²) in [5, 5.41) is 0. The summed E-state index contributed by atoms with van der Waals surface area (Å²) in [5.41, 5.74) is -1.35. The van der Waals surface area contributed by atoms with Crippen molar-refractivity contribution in [2.75, 3.05) is 26.8 Å². The van der Waals surface area contributed by atoms with Crippen LogP contribution in [0.4, 0.5) is 4.39 Å². The molecule has 1 aromatic carbocycles. The number of imide groups is 1. The maximum Gasteiger partial charge on any atom is 0.241 e. The smallest absolute Gasteiger partial charge is 0.241 e. The SMILES string of the molecule is COCCN1C(=O)C[C@@](CC(=O)N2C[C@H]3CCC[C@H]2C3)(c2ccccc2F)C1=O. The van der Waals surface area contributed by atoms with Crippen LogP contribution in [-0.2, 0) is 24.5 Å². The molecule has 2 saturated heterocycles. The van der Waals surface area contributed by atoms with Gasteiger partial charge >= 0.3 is 0 Å². The minimum absolute atomic E-state index is 0.104. The number of methoxy groups -OCH3 is 1.